The highest BCUT2D eigenvalue weighted by Crippen LogP contribution is 2.32. The van der Waals surface area contributed by atoms with Crippen molar-refractivity contribution in [3.63, 3.8) is 0 Å². The summed E-state index contributed by atoms with van der Waals surface area (Å²) in [4.78, 5) is 13.5. The summed E-state index contributed by atoms with van der Waals surface area (Å²) in [6.45, 7) is 2.52. The summed E-state index contributed by atoms with van der Waals surface area (Å²) >= 11 is 18.0. The van der Waals surface area contributed by atoms with Gasteiger partial charge in [-0.15, -0.1) is 11.6 Å². The SMILES string of the molecule is CC(c1ccc(Cl)cc1Cl)N1CC(Cl)CC1=O. The summed E-state index contributed by atoms with van der Waals surface area (Å²) in [5.74, 6) is 0.0727. The fourth-order valence-electron chi connectivity index (χ4n) is 2.07. The van der Waals surface area contributed by atoms with Gasteiger partial charge in [0.15, 0.2) is 0 Å². The lowest BCUT2D eigenvalue weighted by molar-refractivity contribution is -0.129. The maximum Gasteiger partial charge on any atom is 0.224 e. The third-order valence-electron chi connectivity index (χ3n) is 2.99. The van der Waals surface area contributed by atoms with E-state index in [-0.39, 0.29) is 17.3 Å². The molecule has 0 N–H and O–H groups in total. The Kier molecular flexibility index (Phi) is 3.86. The molecule has 1 fully saturated rings. The summed E-state index contributed by atoms with van der Waals surface area (Å²) in [5, 5.41) is 1.07. The Morgan fingerprint density at radius 3 is 2.65 bits per heavy atom. The van der Waals surface area contributed by atoms with E-state index >= 15 is 0 Å². The van der Waals surface area contributed by atoms with Gasteiger partial charge in [-0.05, 0) is 24.6 Å². The molecule has 2 atom stereocenters. The molecule has 1 aromatic rings. The second-order valence-electron chi connectivity index (χ2n) is 4.19. The highest BCUT2D eigenvalue weighted by molar-refractivity contribution is 6.35. The van der Waals surface area contributed by atoms with Crippen LogP contribution in [0.4, 0.5) is 0 Å². The minimum absolute atomic E-state index is 0.0727. The van der Waals surface area contributed by atoms with Gasteiger partial charge in [0.25, 0.3) is 0 Å². The molecule has 17 heavy (non-hydrogen) atoms. The highest BCUT2D eigenvalue weighted by atomic mass is 35.5. The van der Waals surface area contributed by atoms with Gasteiger partial charge in [-0.1, -0.05) is 29.3 Å². The van der Waals surface area contributed by atoms with Gasteiger partial charge in [-0.25, -0.2) is 0 Å². The zero-order chi connectivity index (χ0) is 12.6. The minimum atomic E-state index is -0.101. The van der Waals surface area contributed by atoms with E-state index in [4.69, 9.17) is 34.8 Å². The van der Waals surface area contributed by atoms with Crippen molar-refractivity contribution in [3.8, 4) is 0 Å². The van der Waals surface area contributed by atoms with Crippen molar-refractivity contribution in [3.05, 3.63) is 33.8 Å². The lowest BCUT2D eigenvalue weighted by Crippen LogP contribution is -2.28. The fraction of sp³-hybridized carbons (Fsp3) is 0.417. The molecule has 1 heterocycles. The van der Waals surface area contributed by atoms with E-state index in [1.165, 1.54) is 0 Å². The standard InChI is InChI=1S/C12H12Cl3NO/c1-7(16-6-9(14)5-12(16)17)10-3-2-8(13)4-11(10)15/h2-4,7,9H,5-6H2,1H3. The number of carbonyl (C=O) groups excluding carboxylic acids is 1. The van der Waals surface area contributed by atoms with Gasteiger partial charge in [0, 0.05) is 23.0 Å². The van der Waals surface area contributed by atoms with Crippen LogP contribution < -0.4 is 0 Å². The molecular formula is C12H12Cl3NO. The van der Waals surface area contributed by atoms with Crippen LogP contribution in [0.2, 0.25) is 10.0 Å². The third kappa shape index (κ3) is 2.70. The Hall–Kier alpha value is -0.440. The molecule has 0 aliphatic carbocycles. The number of rotatable bonds is 2. The van der Waals surface area contributed by atoms with Crippen LogP contribution in [0.3, 0.4) is 0 Å². The maximum atomic E-state index is 11.8. The van der Waals surface area contributed by atoms with Crippen molar-refractivity contribution < 1.29 is 4.79 Å². The quantitative estimate of drug-likeness (QED) is 0.757. The molecule has 1 aromatic carbocycles. The van der Waals surface area contributed by atoms with Crippen molar-refractivity contribution in [2.45, 2.75) is 24.8 Å². The predicted molar refractivity (Wildman–Crippen MR) is 70.8 cm³/mol. The van der Waals surface area contributed by atoms with Gasteiger partial charge in [-0.3, -0.25) is 4.79 Å². The number of alkyl halides is 1. The normalized spacial score (nSPS) is 22.0. The van der Waals surface area contributed by atoms with E-state index < -0.39 is 0 Å². The van der Waals surface area contributed by atoms with Gasteiger partial charge < -0.3 is 4.90 Å². The lowest BCUT2D eigenvalue weighted by Gasteiger charge is -2.25. The second kappa shape index (κ2) is 5.05. The van der Waals surface area contributed by atoms with E-state index in [0.29, 0.717) is 23.0 Å². The zero-order valence-corrected chi connectivity index (χ0v) is 11.6. The van der Waals surface area contributed by atoms with Gasteiger partial charge >= 0.3 is 0 Å². The first-order valence-corrected chi connectivity index (χ1v) is 6.56. The average Bonchev–Trinajstić information content (AvgIpc) is 2.57. The van der Waals surface area contributed by atoms with Gasteiger partial charge in [0.2, 0.25) is 5.91 Å². The number of nitrogens with zero attached hydrogens (tertiary/aromatic N) is 1. The summed E-state index contributed by atoms with van der Waals surface area (Å²) in [6.07, 6.45) is 0.400. The second-order valence-corrected chi connectivity index (χ2v) is 5.65. The van der Waals surface area contributed by atoms with E-state index in [0.717, 1.165) is 5.56 Å². The first-order valence-electron chi connectivity index (χ1n) is 5.37. The molecule has 92 valence electrons. The Bertz CT molecular complexity index is 449. The molecule has 0 saturated carbocycles. The van der Waals surface area contributed by atoms with Crippen LogP contribution >= 0.6 is 34.8 Å². The average molecular weight is 293 g/mol. The summed E-state index contributed by atoms with van der Waals surface area (Å²) in [7, 11) is 0. The molecular weight excluding hydrogens is 280 g/mol. The Labute approximate surface area is 115 Å². The molecule has 2 nitrogen and oxygen atoms in total. The zero-order valence-electron chi connectivity index (χ0n) is 9.29. The van der Waals surface area contributed by atoms with Crippen molar-refractivity contribution in [2.75, 3.05) is 6.54 Å². The summed E-state index contributed by atoms with van der Waals surface area (Å²) in [5.41, 5.74) is 0.898. The molecule has 0 radical (unpaired) electrons. The Balaban J connectivity index is 2.25. The molecule has 1 aliphatic rings. The number of amides is 1. The third-order valence-corrected chi connectivity index (χ3v) is 3.85. The minimum Gasteiger partial charge on any atom is -0.334 e. The van der Waals surface area contributed by atoms with E-state index in [1.54, 1.807) is 17.0 Å². The molecule has 1 aliphatic heterocycles. The first-order chi connectivity index (χ1) is 7.99. The largest absolute Gasteiger partial charge is 0.334 e. The van der Waals surface area contributed by atoms with Crippen LogP contribution in [-0.4, -0.2) is 22.7 Å². The van der Waals surface area contributed by atoms with Crippen LogP contribution in [0.15, 0.2) is 18.2 Å². The van der Waals surface area contributed by atoms with E-state index in [2.05, 4.69) is 0 Å². The topological polar surface area (TPSA) is 20.3 Å². The number of hydrogen-bond acceptors (Lipinski definition) is 1. The molecule has 0 aromatic heterocycles. The van der Waals surface area contributed by atoms with Crippen molar-refractivity contribution >= 4 is 40.7 Å². The smallest absolute Gasteiger partial charge is 0.224 e. The number of hydrogen-bond donors (Lipinski definition) is 0. The summed E-state index contributed by atoms with van der Waals surface area (Å²) in [6, 6.07) is 5.24. The highest BCUT2D eigenvalue weighted by Gasteiger charge is 2.32. The molecule has 1 saturated heterocycles. The predicted octanol–water partition coefficient (Wildman–Crippen LogP) is 3.89. The van der Waals surface area contributed by atoms with Gasteiger partial charge in [0.1, 0.15) is 0 Å². The van der Waals surface area contributed by atoms with Crippen molar-refractivity contribution in [2.24, 2.45) is 0 Å². The van der Waals surface area contributed by atoms with Crippen LogP contribution in [-0.2, 0) is 4.79 Å². The Morgan fingerprint density at radius 2 is 2.12 bits per heavy atom. The van der Waals surface area contributed by atoms with Crippen LogP contribution in [0.25, 0.3) is 0 Å². The van der Waals surface area contributed by atoms with E-state index in [9.17, 15) is 4.79 Å². The molecule has 2 unspecified atom stereocenters. The summed E-state index contributed by atoms with van der Waals surface area (Å²) < 4.78 is 0. The van der Waals surface area contributed by atoms with Crippen LogP contribution in [0.5, 0.6) is 0 Å². The molecule has 2 rings (SSSR count). The number of likely N-dealkylation sites (tertiary alicyclic amines) is 1. The number of carbonyl (C=O) groups is 1. The maximum absolute atomic E-state index is 11.8. The van der Waals surface area contributed by atoms with Crippen molar-refractivity contribution in [1.82, 2.24) is 4.90 Å². The van der Waals surface area contributed by atoms with Crippen LogP contribution in [0, 0.1) is 0 Å². The molecule has 0 spiro atoms. The monoisotopic (exact) mass is 291 g/mol. The lowest BCUT2D eigenvalue weighted by atomic mass is 10.1. The van der Waals surface area contributed by atoms with Gasteiger partial charge in [0.05, 0.1) is 11.4 Å². The fourth-order valence-corrected chi connectivity index (χ4v) is 2.92. The molecule has 5 heteroatoms. The first kappa shape index (κ1) is 13.0. The Morgan fingerprint density at radius 1 is 1.41 bits per heavy atom. The molecule has 1 amide bonds. The van der Waals surface area contributed by atoms with Gasteiger partial charge in [-0.2, -0.15) is 0 Å². The molecule has 0 bridgehead atoms. The number of halogens is 3. The number of benzene rings is 1. The van der Waals surface area contributed by atoms with Crippen LogP contribution in [0.1, 0.15) is 24.9 Å². The van der Waals surface area contributed by atoms with E-state index in [1.807, 2.05) is 13.0 Å². The van der Waals surface area contributed by atoms with Crippen molar-refractivity contribution in [1.29, 1.82) is 0 Å².